The van der Waals surface area contributed by atoms with Gasteiger partial charge in [-0.25, -0.2) is 0 Å². The van der Waals surface area contributed by atoms with Crippen molar-refractivity contribution in [3.05, 3.63) is 62.9 Å². The molecule has 0 saturated carbocycles. The second-order valence-corrected chi connectivity index (χ2v) is 5.34. The molecule has 0 bridgehead atoms. The van der Waals surface area contributed by atoms with E-state index in [1.165, 1.54) is 11.1 Å². The Morgan fingerprint density at radius 2 is 1.20 bits per heavy atom. The molecule has 2 heteroatoms. The van der Waals surface area contributed by atoms with E-state index in [-0.39, 0.29) is 0 Å². The van der Waals surface area contributed by atoms with Crippen LogP contribution < -0.4 is 0 Å². The Hall–Kier alpha value is -0.600. The van der Waals surface area contributed by atoms with Gasteiger partial charge in [0.1, 0.15) is 0 Å². The summed E-state index contributed by atoms with van der Waals surface area (Å²) in [7, 11) is 0. The summed E-state index contributed by atoms with van der Waals surface area (Å²) >= 11 is 6.95. The van der Waals surface area contributed by atoms with E-state index in [0.717, 1.165) is 20.1 Å². The third kappa shape index (κ3) is 1.56. The Balaban J connectivity index is 2.24. The van der Waals surface area contributed by atoms with E-state index < -0.39 is 0 Å². The molecule has 0 fully saturated rings. The van der Waals surface area contributed by atoms with Crippen LogP contribution in [0.5, 0.6) is 0 Å². The normalized spacial score (nSPS) is 12.4. The molecule has 2 aromatic rings. The minimum absolute atomic E-state index is 1.10. The number of hydrogen-bond acceptors (Lipinski definition) is 0. The fourth-order valence-electron chi connectivity index (χ4n) is 1.85. The molecule has 3 rings (SSSR count). The molecule has 0 aromatic heterocycles. The fraction of sp³-hybridized carbons (Fsp3) is 0. The van der Waals surface area contributed by atoms with Crippen molar-refractivity contribution in [2.45, 2.75) is 0 Å². The maximum absolute atomic E-state index is 3.47. The lowest BCUT2D eigenvalue weighted by Gasteiger charge is -2.00. The predicted molar refractivity (Wildman–Crippen MR) is 68.7 cm³/mol. The van der Waals surface area contributed by atoms with Crippen LogP contribution in [0.1, 0.15) is 11.1 Å². The van der Waals surface area contributed by atoms with Crippen molar-refractivity contribution in [3.63, 3.8) is 0 Å². The zero-order valence-corrected chi connectivity index (χ0v) is 10.9. The molecule has 2 aromatic carbocycles. The molecule has 0 amide bonds. The summed E-state index contributed by atoms with van der Waals surface area (Å²) in [6.45, 7) is 0. The smallest absolute Gasteiger partial charge is 0.0515 e. The van der Waals surface area contributed by atoms with Gasteiger partial charge in [-0.05, 0) is 46.5 Å². The van der Waals surface area contributed by atoms with Crippen LogP contribution in [0.2, 0.25) is 0 Å². The van der Waals surface area contributed by atoms with Crippen LogP contribution in [-0.4, -0.2) is 0 Å². The van der Waals surface area contributed by atoms with Crippen molar-refractivity contribution in [3.8, 4) is 11.1 Å². The zero-order chi connectivity index (χ0) is 10.4. The molecule has 0 spiro atoms. The molecular formula is C13H6Br2. The molecule has 15 heavy (non-hydrogen) atoms. The van der Waals surface area contributed by atoms with Gasteiger partial charge in [0, 0.05) is 8.95 Å². The first-order valence-corrected chi connectivity index (χ1v) is 6.19. The maximum Gasteiger partial charge on any atom is 0.0515 e. The molecule has 0 nitrogen and oxygen atoms in total. The highest BCUT2D eigenvalue weighted by molar-refractivity contribution is 9.10. The molecule has 0 N–H and O–H groups in total. The van der Waals surface area contributed by atoms with Gasteiger partial charge in [0.2, 0.25) is 0 Å². The number of hydrogen-bond donors (Lipinski definition) is 0. The van der Waals surface area contributed by atoms with E-state index >= 15 is 0 Å². The Morgan fingerprint density at radius 1 is 0.733 bits per heavy atom. The van der Waals surface area contributed by atoms with Gasteiger partial charge < -0.3 is 0 Å². The second kappa shape index (κ2) is 3.46. The van der Waals surface area contributed by atoms with Crippen molar-refractivity contribution in [1.82, 2.24) is 0 Å². The summed E-state index contributed by atoms with van der Waals surface area (Å²) in [5.74, 6) is 0. The molecule has 0 unspecified atom stereocenters. The monoisotopic (exact) mass is 320 g/mol. The Morgan fingerprint density at radius 3 is 1.67 bits per heavy atom. The Bertz CT molecular complexity index is 495. The summed E-state index contributed by atoms with van der Waals surface area (Å²) in [4.78, 5) is 0. The highest BCUT2D eigenvalue weighted by Gasteiger charge is 2.18. The van der Waals surface area contributed by atoms with Gasteiger partial charge in [-0.3, -0.25) is 0 Å². The highest BCUT2D eigenvalue weighted by Crippen LogP contribution is 2.40. The number of benzene rings is 2. The van der Waals surface area contributed by atoms with Crippen molar-refractivity contribution >= 4 is 31.9 Å². The van der Waals surface area contributed by atoms with Gasteiger partial charge in [-0.15, -0.1) is 0 Å². The zero-order valence-electron chi connectivity index (χ0n) is 7.72. The van der Waals surface area contributed by atoms with Crippen molar-refractivity contribution in [2.24, 2.45) is 0 Å². The van der Waals surface area contributed by atoms with E-state index in [4.69, 9.17) is 0 Å². The molecular weight excluding hydrogens is 316 g/mol. The van der Waals surface area contributed by atoms with Gasteiger partial charge >= 0.3 is 0 Å². The molecule has 2 radical (unpaired) electrons. The lowest BCUT2D eigenvalue weighted by atomic mass is 10.1. The molecule has 0 aliphatic heterocycles. The summed E-state index contributed by atoms with van der Waals surface area (Å²) < 4.78 is 2.20. The van der Waals surface area contributed by atoms with Gasteiger partial charge in [0.25, 0.3) is 0 Å². The molecule has 0 atom stereocenters. The van der Waals surface area contributed by atoms with Crippen molar-refractivity contribution in [2.75, 3.05) is 0 Å². The minimum atomic E-state index is 1.10. The van der Waals surface area contributed by atoms with Crippen LogP contribution in [-0.2, 0) is 0 Å². The van der Waals surface area contributed by atoms with E-state index in [1.54, 1.807) is 0 Å². The first-order chi connectivity index (χ1) is 7.24. The molecule has 1 aliphatic carbocycles. The fourth-order valence-corrected chi connectivity index (χ4v) is 2.58. The van der Waals surface area contributed by atoms with Crippen LogP contribution in [0.4, 0.5) is 0 Å². The second-order valence-electron chi connectivity index (χ2n) is 3.50. The summed E-state index contributed by atoms with van der Waals surface area (Å²) in [6, 6.07) is 12.6. The average molecular weight is 322 g/mol. The van der Waals surface area contributed by atoms with Crippen LogP contribution in [0.15, 0.2) is 45.3 Å². The lowest BCUT2D eigenvalue weighted by Crippen LogP contribution is -1.76. The average Bonchev–Trinajstić information content (AvgIpc) is 2.53. The quantitative estimate of drug-likeness (QED) is 0.564. The van der Waals surface area contributed by atoms with Gasteiger partial charge in [-0.1, -0.05) is 44.0 Å². The van der Waals surface area contributed by atoms with Gasteiger partial charge in [-0.2, -0.15) is 0 Å². The molecule has 0 heterocycles. The highest BCUT2D eigenvalue weighted by atomic mass is 79.9. The first-order valence-electron chi connectivity index (χ1n) is 4.60. The van der Waals surface area contributed by atoms with Crippen LogP contribution in [0, 0.1) is 6.42 Å². The summed E-state index contributed by atoms with van der Waals surface area (Å²) in [6.07, 6.45) is 3.40. The van der Waals surface area contributed by atoms with Crippen LogP contribution in [0.3, 0.4) is 0 Å². The van der Waals surface area contributed by atoms with E-state index in [9.17, 15) is 0 Å². The van der Waals surface area contributed by atoms with E-state index in [1.807, 2.05) is 0 Å². The van der Waals surface area contributed by atoms with Crippen molar-refractivity contribution in [1.29, 1.82) is 0 Å². The van der Waals surface area contributed by atoms with Crippen LogP contribution in [0.25, 0.3) is 11.1 Å². The lowest BCUT2D eigenvalue weighted by molar-refractivity contribution is 1.51. The van der Waals surface area contributed by atoms with Crippen LogP contribution >= 0.6 is 31.9 Å². The number of halogens is 2. The Kier molecular flexibility index (Phi) is 2.22. The molecule has 1 aliphatic rings. The van der Waals surface area contributed by atoms with E-state index in [2.05, 4.69) is 74.7 Å². The standard InChI is InChI=1S/C13H6Br2/c14-10-1-3-12-8(6-10)5-9-7-11(15)2-4-13(9)12/h1-4,6-7H. The SMILES string of the molecule is Brc1ccc2c(c1)[C]c1cc(Br)ccc1-2. The third-order valence-electron chi connectivity index (χ3n) is 2.52. The largest absolute Gasteiger partial charge is 0.0529 e. The molecule has 72 valence electrons. The van der Waals surface area contributed by atoms with Gasteiger partial charge in [0.15, 0.2) is 0 Å². The van der Waals surface area contributed by atoms with Gasteiger partial charge in [0.05, 0.1) is 6.42 Å². The Labute approximate surface area is 106 Å². The first kappa shape index (κ1) is 9.61. The van der Waals surface area contributed by atoms with E-state index in [0.29, 0.717) is 0 Å². The summed E-state index contributed by atoms with van der Waals surface area (Å²) in [5, 5.41) is 0. The predicted octanol–water partition coefficient (Wildman–Crippen LogP) is 4.67. The topological polar surface area (TPSA) is 0 Å². The minimum Gasteiger partial charge on any atom is -0.0529 e. The third-order valence-corrected chi connectivity index (χ3v) is 3.51. The summed E-state index contributed by atoms with van der Waals surface area (Å²) in [5.41, 5.74) is 4.86. The number of fused-ring (bicyclic) bond motifs is 3. The van der Waals surface area contributed by atoms with Crippen molar-refractivity contribution < 1.29 is 0 Å². The maximum atomic E-state index is 3.47. The number of rotatable bonds is 0. The molecule has 0 saturated heterocycles.